The van der Waals surface area contributed by atoms with Gasteiger partial charge in [0.05, 0.1) is 5.92 Å². The first-order valence-corrected chi connectivity index (χ1v) is 5.96. The largest absolute Gasteiger partial charge is 0.339 e. The second-order valence-corrected chi connectivity index (χ2v) is 5.18. The molecule has 3 aliphatic rings. The molecule has 4 nitrogen and oxygen atoms in total. The van der Waals surface area contributed by atoms with Crippen LogP contribution in [0.4, 0.5) is 0 Å². The van der Waals surface area contributed by atoms with Crippen molar-refractivity contribution >= 4 is 0 Å². The van der Waals surface area contributed by atoms with Gasteiger partial charge in [-0.2, -0.15) is 4.98 Å². The second-order valence-electron chi connectivity index (χ2n) is 5.18. The van der Waals surface area contributed by atoms with E-state index in [4.69, 9.17) is 4.52 Å². The first-order chi connectivity index (χ1) is 7.40. The molecule has 4 heteroatoms. The normalized spacial score (nSPS) is 38.8. The first kappa shape index (κ1) is 8.28. The molecule has 0 aromatic carbocycles. The van der Waals surface area contributed by atoms with Crippen molar-refractivity contribution in [1.82, 2.24) is 15.0 Å². The third-order valence-corrected chi connectivity index (χ3v) is 4.05. The lowest BCUT2D eigenvalue weighted by molar-refractivity contribution is 0.288. The van der Waals surface area contributed by atoms with Crippen LogP contribution in [0.5, 0.6) is 0 Å². The molecule has 1 saturated carbocycles. The van der Waals surface area contributed by atoms with Crippen molar-refractivity contribution in [2.24, 2.45) is 5.92 Å². The van der Waals surface area contributed by atoms with Gasteiger partial charge in [0.2, 0.25) is 5.89 Å². The number of hydrogen-bond acceptors (Lipinski definition) is 4. The summed E-state index contributed by atoms with van der Waals surface area (Å²) >= 11 is 0. The van der Waals surface area contributed by atoms with Gasteiger partial charge in [0.1, 0.15) is 0 Å². The van der Waals surface area contributed by atoms with Crippen LogP contribution in [-0.4, -0.2) is 34.7 Å². The molecule has 2 unspecified atom stereocenters. The van der Waals surface area contributed by atoms with Gasteiger partial charge in [0.15, 0.2) is 5.82 Å². The SMILES string of the molecule is C1CC1c1noc([C@H]2CN3CCC2C3)n1. The molecule has 3 atom stereocenters. The number of rotatable bonds is 2. The van der Waals surface area contributed by atoms with Gasteiger partial charge in [0, 0.05) is 19.0 Å². The Kier molecular flexibility index (Phi) is 1.55. The topological polar surface area (TPSA) is 42.2 Å². The zero-order chi connectivity index (χ0) is 9.83. The molecular formula is C11H15N3O. The van der Waals surface area contributed by atoms with E-state index in [2.05, 4.69) is 15.0 Å². The van der Waals surface area contributed by atoms with Crippen molar-refractivity contribution in [3.05, 3.63) is 11.7 Å². The quantitative estimate of drug-likeness (QED) is 0.731. The monoisotopic (exact) mass is 205 g/mol. The van der Waals surface area contributed by atoms with Crippen molar-refractivity contribution < 1.29 is 4.52 Å². The lowest BCUT2D eigenvalue weighted by Gasteiger charge is -2.17. The second kappa shape index (κ2) is 2.82. The Morgan fingerprint density at radius 1 is 1.20 bits per heavy atom. The fourth-order valence-corrected chi connectivity index (χ4v) is 2.97. The third kappa shape index (κ3) is 1.24. The molecule has 3 heterocycles. The predicted molar refractivity (Wildman–Crippen MR) is 53.6 cm³/mol. The highest BCUT2D eigenvalue weighted by molar-refractivity contribution is 5.09. The molecule has 0 spiro atoms. The van der Waals surface area contributed by atoms with Crippen molar-refractivity contribution in [2.75, 3.05) is 19.6 Å². The first-order valence-electron chi connectivity index (χ1n) is 5.96. The van der Waals surface area contributed by atoms with Gasteiger partial charge in [-0.3, -0.25) is 0 Å². The van der Waals surface area contributed by atoms with Gasteiger partial charge in [-0.25, -0.2) is 0 Å². The Morgan fingerprint density at radius 3 is 2.80 bits per heavy atom. The van der Waals surface area contributed by atoms with Gasteiger partial charge in [-0.15, -0.1) is 0 Å². The summed E-state index contributed by atoms with van der Waals surface area (Å²) in [4.78, 5) is 7.08. The fourth-order valence-electron chi connectivity index (χ4n) is 2.97. The molecule has 2 saturated heterocycles. The van der Waals surface area contributed by atoms with E-state index in [9.17, 15) is 0 Å². The van der Waals surface area contributed by atoms with Gasteiger partial charge < -0.3 is 9.42 Å². The summed E-state index contributed by atoms with van der Waals surface area (Å²) in [6, 6.07) is 0. The highest BCUT2D eigenvalue weighted by Crippen LogP contribution is 2.42. The molecule has 0 N–H and O–H groups in total. The van der Waals surface area contributed by atoms with E-state index in [1.165, 1.54) is 32.4 Å². The van der Waals surface area contributed by atoms with E-state index in [1.54, 1.807) is 0 Å². The van der Waals surface area contributed by atoms with Crippen molar-refractivity contribution in [3.8, 4) is 0 Å². The Bertz CT molecular complexity index is 385. The smallest absolute Gasteiger partial charge is 0.231 e. The maximum Gasteiger partial charge on any atom is 0.231 e. The number of piperidine rings is 1. The van der Waals surface area contributed by atoms with Crippen LogP contribution in [0.25, 0.3) is 0 Å². The van der Waals surface area contributed by atoms with Crippen LogP contribution >= 0.6 is 0 Å². The van der Waals surface area contributed by atoms with E-state index >= 15 is 0 Å². The molecule has 4 rings (SSSR count). The molecule has 1 aromatic rings. The minimum Gasteiger partial charge on any atom is -0.339 e. The Labute approximate surface area is 88.6 Å². The van der Waals surface area contributed by atoms with Crippen molar-refractivity contribution in [2.45, 2.75) is 31.1 Å². The van der Waals surface area contributed by atoms with Gasteiger partial charge in [0.25, 0.3) is 0 Å². The minimum absolute atomic E-state index is 0.527. The Hall–Kier alpha value is -0.900. The maximum atomic E-state index is 5.41. The van der Waals surface area contributed by atoms with Crippen LogP contribution in [0.15, 0.2) is 4.52 Å². The fraction of sp³-hybridized carbons (Fsp3) is 0.818. The van der Waals surface area contributed by atoms with E-state index < -0.39 is 0 Å². The zero-order valence-corrected chi connectivity index (χ0v) is 8.72. The molecule has 0 radical (unpaired) electrons. The predicted octanol–water partition coefficient (Wildman–Crippen LogP) is 1.37. The molecule has 1 aliphatic carbocycles. The summed E-state index contributed by atoms with van der Waals surface area (Å²) in [6.07, 6.45) is 3.81. The highest BCUT2D eigenvalue weighted by atomic mass is 16.5. The van der Waals surface area contributed by atoms with E-state index in [0.29, 0.717) is 11.8 Å². The molecule has 0 amide bonds. The summed E-state index contributed by atoms with van der Waals surface area (Å²) in [7, 11) is 0. The summed E-state index contributed by atoms with van der Waals surface area (Å²) in [5.74, 6) is 3.78. The van der Waals surface area contributed by atoms with Gasteiger partial charge in [-0.1, -0.05) is 5.16 Å². The van der Waals surface area contributed by atoms with Gasteiger partial charge >= 0.3 is 0 Å². The zero-order valence-electron chi connectivity index (χ0n) is 8.72. The minimum atomic E-state index is 0.527. The van der Waals surface area contributed by atoms with Crippen LogP contribution in [0.2, 0.25) is 0 Å². The Balaban J connectivity index is 1.60. The van der Waals surface area contributed by atoms with Gasteiger partial charge in [-0.05, 0) is 31.7 Å². The van der Waals surface area contributed by atoms with E-state index in [0.717, 1.165) is 24.2 Å². The lowest BCUT2D eigenvalue weighted by Crippen LogP contribution is -2.22. The van der Waals surface area contributed by atoms with E-state index in [1.807, 2.05) is 0 Å². The van der Waals surface area contributed by atoms with E-state index in [-0.39, 0.29) is 0 Å². The van der Waals surface area contributed by atoms with Crippen LogP contribution in [-0.2, 0) is 0 Å². The summed E-state index contributed by atoms with van der Waals surface area (Å²) in [6.45, 7) is 3.65. The molecule has 80 valence electrons. The van der Waals surface area contributed by atoms with Crippen molar-refractivity contribution in [3.63, 3.8) is 0 Å². The molecule has 2 bridgehead atoms. The molecule has 15 heavy (non-hydrogen) atoms. The standard InChI is InChI=1S/C11H15N3O/c1-2-7(1)10-12-11(15-13-10)9-6-14-4-3-8(9)5-14/h7-9H,1-6H2/t8?,9-/m0/s1. The molecule has 3 fully saturated rings. The van der Waals surface area contributed by atoms with Crippen LogP contribution in [0.1, 0.15) is 42.8 Å². The Morgan fingerprint density at radius 2 is 2.13 bits per heavy atom. The summed E-state index contributed by atoms with van der Waals surface area (Å²) in [5, 5.41) is 4.10. The average molecular weight is 205 g/mol. The summed E-state index contributed by atoms with van der Waals surface area (Å²) < 4.78 is 5.41. The van der Waals surface area contributed by atoms with Crippen molar-refractivity contribution in [1.29, 1.82) is 0 Å². The highest BCUT2D eigenvalue weighted by Gasteiger charge is 2.42. The number of hydrogen-bond donors (Lipinski definition) is 0. The number of fused-ring (bicyclic) bond motifs is 2. The number of aromatic nitrogens is 2. The lowest BCUT2D eigenvalue weighted by atomic mass is 9.93. The number of nitrogens with zero attached hydrogens (tertiary/aromatic N) is 3. The summed E-state index contributed by atoms with van der Waals surface area (Å²) in [5.41, 5.74) is 0. The average Bonchev–Trinajstić information content (AvgIpc) is 2.74. The van der Waals surface area contributed by atoms with Crippen LogP contribution in [0.3, 0.4) is 0 Å². The maximum absolute atomic E-state index is 5.41. The van der Waals surface area contributed by atoms with Crippen LogP contribution in [0, 0.1) is 5.92 Å². The molecule has 1 aromatic heterocycles. The third-order valence-electron chi connectivity index (χ3n) is 4.05. The molecular weight excluding hydrogens is 190 g/mol. The van der Waals surface area contributed by atoms with Crippen LogP contribution < -0.4 is 0 Å². The molecule has 2 aliphatic heterocycles.